The van der Waals surface area contributed by atoms with Gasteiger partial charge in [-0.25, -0.2) is 4.98 Å². The van der Waals surface area contributed by atoms with E-state index in [2.05, 4.69) is 60.0 Å². The largest absolute Gasteiger partial charge is 0.489 e. The van der Waals surface area contributed by atoms with E-state index in [1.54, 1.807) is 30.3 Å². The number of carbonyl (C=O) groups excluding carboxylic acids is 4. The van der Waals surface area contributed by atoms with Crippen molar-refractivity contribution >= 4 is 40.9 Å². The van der Waals surface area contributed by atoms with Gasteiger partial charge in [0, 0.05) is 78.3 Å². The van der Waals surface area contributed by atoms with Gasteiger partial charge in [0.15, 0.2) is 12.2 Å². The molecule has 3 aromatic carbocycles. The number of halogens is 1. The second-order valence-electron chi connectivity index (χ2n) is 20.6. The lowest BCUT2D eigenvalue weighted by Crippen LogP contribution is -2.74. The molecule has 1 aliphatic heterocycles. The van der Waals surface area contributed by atoms with Crippen molar-refractivity contribution in [2.24, 2.45) is 16.2 Å². The highest BCUT2D eigenvalue weighted by Crippen LogP contribution is 2.55. The van der Waals surface area contributed by atoms with Crippen LogP contribution >= 0.6 is 11.6 Å². The Morgan fingerprint density at radius 3 is 2.35 bits per heavy atom. The third-order valence-corrected chi connectivity index (χ3v) is 13.7. The summed E-state index contributed by atoms with van der Waals surface area (Å²) in [7, 11) is 0. The number of nitrogens with zero attached hydrogens (tertiary/aromatic N) is 3. The zero-order chi connectivity index (χ0) is 49.0. The number of oxazole rings is 1. The summed E-state index contributed by atoms with van der Waals surface area (Å²) < 4.78 is 17.7. The molecule has 3 atom stereocenters. The Balaban J connectivity index is 0.805. The quantitative estimate of drug-likeness (QED) is 0.0587. The first kappa shape index (κ1) is 49.9. The molecular weight excluding hydrogens is 886 g/mol. The molecule has 0 unspecified atom stereocenters. The van der Waals surface area contributed by atoms with E-state index in [-0.39, 0.29) is 60.9 Å². The maximum absolute atomic E-state index is 14.0. The summed E-state index contributed by atoms with van der Waals surface area (Å²) in [5, 5.41) is 32.5. The number of rotatable bonds is 19. The first-order valence-corrected chi connectivity index (χ1v) is 23.8. The molecule has 2 heterocycles. The van der Waals surface area contributed by atoms with E-state index >= 15 is 0 Å². The topological polar surface area (TPSA) is 208 Å². The summed E-state index contributed by atoms with van der Waals surface area (Å²) in [4.78, 5) is 59.8. The molecule has 3 fully saturated rings. The van der Waals surface area contributed by atoms with Gasteiger partial charge in [-0.05, 0) is 73.1 Å². The highest BCUT2D eigenvalue weighted by molar-refractivity contribution is 6.31. The molecule has 0 bridgehead atoms. The minimum absolute atomic E-state index is 0.0207. The molecule has 15 nitrogen and oxygen atoms in total. The number of hydrogen-bond acceptors (Lipinski definition) is 11. The lowest BCUT2D eigenvalue weighted by atomic mass is 9.49. The molecule has 3 aliphatic rings. The van der Waals surface area contributed by atoms with E-state index < -0.39 is 35.4 Å². The second-order valence-corrected chi connectivity index (χ2v) is 21.0. The number of likely N-dealkylation sites (tertiary alicyclic amines) is 1. The van der Waals surface area contributed by atoms with Crippen LogP contribution in [0.2, 0.25) is 5.02 Å². The van der Waals surface area contributed by atoms with Gasteiger partial charge in [0.05, 0.1) is 22.4 Å². The first-order chi connectivity index (χ1) is 32.3. The zero-order valence-electron chi connectivity index (χ0n) is 40.0. The SMILES string of the molecule is CC1(C)C(NC(=O)c2ccc(NCCCCOCC(=O)N[C@H](C(=O)N3C[C@H](O)C[C@H]3C(=O)NCc3ccc(-c4ocnc4C4CC4)cc3)C(C)(C)C)cc2)C(C)(C)C1Oc1ccc(C#N)c(Cl)c1. The molecule has 362 valence electrons. The number of aliphatic hydroxyl groups excluding tert-OH is 1. The molecule has 5 N–H and O–H groups in total. The van der Waals surface area contributed by atoms with E-state index in [4.69, 9.17) is 25.5 Å². The van der Waals surface area contributed by atoms with Crippen LogP contribution in [0.3, 0.4) is 0 Å². The number of nitriles is 1. The highest BCUT2D eigenvalue weighted by Gasteiger charge is 2.64. The zero-order valence-corrected chi connectivity index (χ0v) is 40.7. The number of ether oxygens (including phenoxy) is 2. The fourth-order valence-corrected chi connectivity index (χ4v) is 10.0. The van der Waals surface area contributed by atoms with Crippen LogP contribution in [0, 0.1) is 27.6 Å². The summed E-state index contributed by atoms with van der Waals surface area (Å²) in [5.74, 6) is 0.344. The van der Waals surface area contributed by atoms with E-state index in [0.717, 1.165) is 47.5 Å². The maximum atomic E-state index is 14.0. The lowest BCUT2D eigenvalue weighted by Gasteiger charge is -2.63. The van der Waals surface area contributed by atoms with Crippen LogP contribution in [0.15, 0.2) is 77.5 Å². The van der Waals surface area contributed by atoms with Crippen molar-refractivity contribution in [3.63, 3.8) is 0 Å². The van der Waals surface area contributed by atoms with Crippen LogP contribution in [-0.2, 0) is 25.7 Å². The van der Waals surface area contributed by atoms with Crippen molar-refractivity contribution in [3.8, 4) is 23.1 Å². The van der Waals surface area contributed by atoms with Crippen LogP contribution in [0.5, 0.6) is 5.75 Å². The maximum Gasteiger partial charge on any atom is 0.251 e. The summed E-state index contributed by atoms with van der Waals surface area (Å²) in [5.41, 5.74) is 3.07. The normalized spacial score (nSPS) is 20.9. The Labute approximate surface area is 403 Å². The van der Waals surface area contributed by atoms with Gasteiger partial charge in [-0.15, -0.1) is 0 Å². The average molecular weight is 951 g/mol. The molecule has 2 saturated carbocycles. The molecule has 2 aliphatic carbocycles. The fourth-order valence-electron chi connectivity index (χ4n) is 9.80. The van der Waals surface area contributed by atoms with E-state index in [0.29, 0.717) is 47.4 Å². The molecular formula is C52H64ClN7O8. The van der Waals surface area contributed by atoms with Crippen LogP contribution < -0.4 is 26.0 Å². The Morgan fingerprint density at radius 2 is 1.71 bits per heavy atom. The van der Waals surface area contributed by atoms with Crippen LogP contribution in [0.1, 0.15) is 114 Å². The Hall–Kier alpha value is -5.95. The molecule has 68 heavy (non-hydrogen) atoms. The number of amides is 4. The number of hydrogen-bond donors (Lipinski definition) is 5. The van der Waals surface area contributed by atoms with Crippen molar-refractivity contribution in [2.75, 3.05) is 31.6 Å². The lowest BCUT2D eigenvalue weighted by molar-refractivity contribution is -0.164. The Morgan fingerprint density at radius 1 is 1.00 bits per heavy atom. The van der Waals surface area contributed by atoms with E-state index in [1.165, 1.54) is 11.3 Å². The van der Waals surface area contributed by atoms with Gasteiger partial charge in [0.25, 0.3) is 5.91 Å². The highest BCUT2D eigenvalue weighted by atomic mass is 35.5. The third-order valence-electron chi connectivity index (χ3n) is 13.4. The minimum atomic E-state index is -0.963. The number of anilines is 1. The van der Waals surface area contributed by atoms with Crippen molar-refractivity contribution in [1.82, 2.24) is 25.8 Å². The van der Waals surface area contributed by atoms with Gasteiger partial charge in [-0.1, -0.05) is 84.3 Å². The molecule has 1 aromatic heterocycles. The number of aliphatic hydroxyl groups is 1. The summed E-state index contributed by atoms with van der Waals surface area (Å²) in [6.45, 7) is 14.7. The molecule has 16 heteroatoms. The predicted octanol–water partition coefficient (Wildman–Crippen LogP) is 7.37. The van der Waals surface area contributed by atoms with Crippen molar-refractivity contribution in [3.05, 3.63) is 101 Å². The summed E-state index contributed by atoms with van der Waals surface area (Å²) >= 11 is 6.24. The number of benzene rings is 3. The van der Waals surface area contributed by atoms with Crippen LogP contribution in [0.25, 0.3) is 11.3 Å². The number of unbranched alkanes of at least 4 members (excludes halogenated alkanes) is 1. The fraction of sp³-hybridized carbons (Fsp3) is 0.500. The second kappa shape index (κ2) is 20.7. The molecule has 4 amide bonds. The van der Waals surface area contributed by atoms with Crippen molar-refractivity contribution in [1.29, 1.82) is 5.26 Å². The van der Waals surface area contributed by atoms with Gasteiger partial charge in [-0.3, -0.25) is 19.2 Å². The van der Waals surface area contributed by atoms with Crippen molar-refractivity contribution < 1.29 is 38.2 Å². The van der Waals surface area contributed by atoms with Crippen LogP contribution in [0.4, 0.5) is 5.69 Å². The van der Waals surface area contributed by atoms with Gasteiger partial charge < -0.3 is 45.2 Å². The monoisotopic (exact) mass is 949 g/mol. The Bertz CT molecular complexity index is 2470. The van der Waals surface area contributed by atoms with Gasteiger partial charge >= 0.3 is 0 Å². The molecule has 0 spiro atoms. The molecule has 0 radical (unpaired) electrons. The van der Waals surface area contributed by atoms with Gasteiger partial charge in [0.1, 0.15) is 36.6 Å². The summed E-state index contributed by atoms with van der Waals surface area (Å²) in [6.07, 6.45) is 4.13. The number of nitrogens with one attached hydrogen (secondary N) is 4. The summed E-state index contributed by atoms with van der Waals surface area (Å²) in [6, 6.07) is 20.1. The molecule has 1 saturated heterocycles. The van der Waals surface area contributed by atoms with Crippen molar-refractivity contribution in [2.45, 2.75) is 123 Å². The number of carbonyl (C=O) groups is 4. The van der Waals surface area contributed by atoms with E-state index in [9.17, 15) is 29.5 Å². The predicted molar refractivity (Wildman–Crippen MR) is 258 cm³/mol. The van der Waals surface area contributed by atoms with Gasteiger partial charge in [-0.2, -0.15) is 5.26 Å². The van der Waals surface area contributed by atoms with Gasteiger partial charge in [0.2, 0.25) is 17.7 Å². The average Bonchev–Trinajstić information content (AvgIpc) is 3.89. The number of β-amino-alcohol motifs (C(OH)–C–C–N with tert-alkyl or cyclic N) is 1. The third kappa shape index (κ3) is 11.5. The molecule has 4 aromatic rings. The standard InChI is InChI=1S/C52H64ClN7O8/c1-50(2,3)44(47(65)60-28-37(61)24-40(60)46(64)56-27-31-10-12-33(13-11-31)43-42(32-14-15-32)57-30-67-43)58-41(62)29-66-23-9-8-22-55-36-19-16-34(17-20-36)45(63)59-48-51(4,5)49(52(48,6)7)68-38-21-18-35(26-54)39(53)25-38/h10-13,16-21,25,30,32,37,40,44,48-49,55,61H,8-9,14-15,22-24,27-29H2,1-7H3,(H,56,64)(H,58,62)(H,59,63)/t37-,40+,44-,48?,49?/m1/s1. The van der Waals surface area contributed by atoms with E-state index in [1.807, 2.05) is 57.2 Å². The smallest absolute Gasteiger partial charge is 0.251 e. The van der Waals surface area contributed by atoms with Crippen LogP contribution in [-0.4, -0.2) is 95.3 Å². The minimum Gasteiger partial charge on any atom is -0.489 e. The molecule has 7 rings (SSSR count). The first-order valence-electron chi connectivity index (χ1n) is 23.4. The Kier molecular flexibility index (Phi) is 15.2. The number of aromatic nitrogens is 1.